The predicted octanol–water partition coefficient (Wildman–Crippen LogP) is 0.281. The van der Waals surface area contributed by atoms with Crippen molar-refractivity contribution >= 4 is 5.82 Å². The molecule has 0 saturated carbocycles. The predicted molar refractivity (Wildman–Crippen MR) is 87.0 cm³/mol. The lowest BCUT2D eigenvalue weighted by Gasteiger charge is -2.31. The van der Waals surface area contributed by atoms with Crippen LogP contribution in [0.15, 0.2) is 6.33 Å². The first-order valence-corrected chi connectivity index (χ1v) is 8.47. The van der Waals surface area contributed by atoms with Crippen LogP contribution < -0.4 is 10.6 Å². The van der Waals surface area contributed by atoms with Crippen LogP contribution in [0.2, 0.25) is 0 Å². The first kappa shape index (κ1) is 15.6. The fourth-order valence-corrected chi connectivity index (χ4v) is 3.46. The van der Waals surface area contributed by atoms with Gasteiger partial charge in [0.05, 0.1) is 5.69 Å². The van der Waals surface area contributed by atoms with Gasteiger partial charge in [-0.2, -0.15) is 0 Å². The summed E-state index contributed by atoms with van der Waals surface area (Å²) < 4.78 is 0. The maximum absolute atomic E-state index is 9.31. The van der Waals surface area contributed by atoms with Gasteiger partial charge in [-0.1, -0.05) is 0 Å². The van der Waals surface area contributed by atoms with Crippen LogP contribution in [0.4, 0.5) is 5.82 Å². The maximum atomic E-state index is 9.31. The van der Waals surface area contributed by atoms with E-state index in [2.05, 4.69) is 25.5 Å². The van der Waals surface area contributed by atoms with Crippen LogP contribution in [0.5, 0.6) is 0 Å². The van der Waals surface area contributed by atoms with E-state index in [0.717, 1.165) is 64.3 Å². The highest BCUT2D eigenvalue weighted by Crippen LogP contribution is 2.18. The van der Waals surface area contributed by atoms with E-state index in [1.54, 1.807) is 6.33 Å². The van der Waals surface area contributed by atoms with Crippen molar-refractivity contribution in [2.45, 2.75) is 25.7 Å². The molecule has 1 atom stereocenters. The van der Waals surface area contributed by atoms with Crippen molar-refractivity contribution in [3.63, 3.8) is 0 Å². The van der Waals surface area contributed by atoms with Crippen LogP contribution in [0.1, 0.15) is 24.1 Å². The normalized spacial score (nSPS) is 22.9. The fraction of sp³-hybridized carbons (Fsp3) is 0.750. The maximum Gasteiger partial charge on any atom is 0.132 e. The molecule has 6 nitrogen and oxygen atoms in total. The zero-order valence-electron chi connectivity index (χ0n) is 13.2. The van der Waals surface area contributed by atoms with Crippen molar-refractivity contribution < 1.29 is 5.11 Å². The molecule has 1 saturated heterocycles. The number of aliphatic hydroxyl groups is 1. The molecule has 0 bridgehead atoms. The number of anilines is 1. The molecule has 1 aromatic heterocycles. The number of aromatic nitrogens is 2. The molecule has 122 valence electrons. The van der Waals surface area contributed by atoms with Crippen LogP contribution in [0.3, 0.4) is 0 Å². The number of likely N-dealkylation sites (tertiary alicyclic amines) is 1. The molecule has 0 aromatic carbocycles. The summed E-state index contributed by atoms with van der Waals surface area (Å²) in [5.74, 6) is 1.46. The third-order valence-corrected chi connectivity index (χ3v) is 4.71. The monoisotopic (exact) mass is 305 g/mol. The number of rotatable bonds is 5. The second-order valence-electron chi connectivity index (χ2n) is 6.32. The minimum atomic E-state index is 0.316. The van der Waals surface area contributed by atoms with Crippen LogP contribution in [-0.2, 0) is 12.8 Å². The number of hydrogen-bond donors (Lipinski definition) is 3. The second kappa shape index (κ2) is 7.85. The van der Waals surface area contributed by atoms with Gasteiger partial charge in [0.25, 0.3) is 0 Å². The van der Waals surface area contributed by atoms with Gasteiger partial charge in [-0.15, -0.1) is 0 Å². The van der Waals surface area contributed by atoms with E-state index in [9.17, 15) is 5.11 Å². The number of piperidine rings is 1. The Morgan fingerprint density at radius 2 is 2.23 bits per heavy atom. The quantitative estimate of drug-likeness (QED) is 0.726. The molecule has 2 aliphatic heterocycles. The molecular formula is C16H27N5O. The average Bonchev–Trinajstić information content (AvgIpc) is 2.81. The summed E-state index contributed by atoms with van der Waals surface area (Å²) >= 11 is 0. The minimum Gasteiger partial charge on any atom is -0.396 e. The lowest BCUT2D eigenvalue weighted by molar-refractivity contribution is 0.123. The lowest BCUT2D eigenvalue weighted by Crippen LogP contribution is -2.39. The summed E-state index contributed by atoms with van der Waals surface area (Å²) in [7, 11) is 0. The van der Waals surface area contributed by atoms with E-state index in [-0.39, 0.29) is 0 Å². The summed E-state index contributed by atoms with van der Waals surface area (Å²) in [5.41, 5.74) is 2.46. The molecule has 2 aliphatic rings. The van der Waals surface area contributed by atoms with Crippen molar-refractivity contribution in [2.75, 3.05) is 51.2 Å². The number of hydrogen-bond acceptors (Lipinski definition) is 6. The van der Waals surface area contributed by atoms with E-state index in [4.69, 9.17) is 0 Å². The highest BCUT2D eigenvalue weighted by atomic mass is 16.3. The van der Waals surface area contributed by atoms with Gasteiger partial charge in [0.1, 0.15) is 12.1 Å². The standard InChI is InChI=1S/C16H27N5O/c22-11-13-2-1-8-21(10-13)9-7-18-16-14-3-5-17-6-4-15(14)19-12-20-16/h12-13,17,22H,1-11H2,(H,18,19,20)/t13-/m0/s1. The van der Waals surface area contributed by atoms with Crippen molar-refractivity contribution in [1.82, 2.24) is 20.2 Å². The molecule has 3 N–H and O–H groups in total. The molecule has 0 amide bonds. The zero-order valence-corrected chi connectivity index (χ0v) is 13.2. The molecular weight excluding hydrogens is 278 g/mol. The topological polar surface area (TPSA) is 73.3 Å². The third-order valence-electron chi connectivity index (χ3n) is 4.71. The summed E-state index contributed by atoms with van der Waals surface area (Å²) in [6.07, 6.45) is 6.01. The summed E-state index contributed by atoms with van der Waals surface area (Å²) in [6, 6.07) is 0. The first-order valence-electron chi connectivity index (χ1n) is 8.47. The largest absolute Gasteiger partial charge is 0.396 e. The molecule has 3 heterocycles. The lowest BCUT2D eigenvalue weighted by atomic mass is 9.99. The SMILES string of the molecule is OC[C@H]1CCCN(CCNc2ncnc3c2CCNCC3)C1. The summed E-state index contributed by atoms with van der Waals surface area (Å²) in [4.78, 5) is 11.3. The second-order valence-corrected chi connectivity index (χ2v) is 6.32. The van der Waals surface area contributed by atoms with E-state index in [1.165, 1.54) is 17.7 Å². The van der Waals surface area contributed by atoms with Crippen molar-refractivity contribution in [3.05, 3.63) is 17.6 Å². The number of nitrogens with one attached hydrogen (secondary N) is 2. The van der Waals surface area contributed by atoms with Crippen LogP contribution in [-0.4, -0.2) is 65.8 Å². The van der Waals surface area contributed by atoms with E-state index in [1.807, 2.05) is 0 Å². The van der Waals surface area contributed by atoms with E-state index in [0.29, 0.717) is 12.5 Å². The first-order chi connectivity index (χ1) is 10.9. The van der Waals surface area contributed by atoms with Crippen LogP contribution >= 0.6 is 0 Å². The van der Waals surface area contributed by atoms with Crippen molar-refractivity contribution in [3.8, 4) is 0 Å². The average molecular weight is 305 g/mol. The van der Waals surface area contributed by atoms with Gasteiger partial charge in [0.2, 0.25) is 0 Å². The molecule has 0 aliphatic carbocycles. The molecule has 22 heavy (non-hydrogen) atoms. The van der Waals surface area contributed by atoms with Gasteiger partial charge in [-0.3, -0.25) is 0 Å². The van der Waals surface area contributed by atoms with Gasteiger partial charge >= 0.3 is 0 Å². The highest BCUT2D eigenvalue weighted by molar-refractivity contribution is 5.46. The Morgan fingerprint density at radius 1 is 1.32 bits per heavy atom. The third kappa shape index (κ3) is 3.94. The Kier molecular flexibility index (Phi) is 5.58. The Balaban J connectivity index is 1.53. The molecule has 3 rings (SSSR count). The summed E-state index contributed by atoms with van der Waals surface area (Å²) in [6.45, 7) is 6.38. The molecule has 1 aromatic rings. The number of aliphatic hydroxyl groups excluding tert-OH is 1. The van der Waals surface area contributed by atoms with E-state index < -0.39 is 0 Å². The summed E-state index contributed by atoms with van der Waals surface area (Å²) in [5, 5.41) is 16.2. The smallest absolute Gasteiger partial charge is 0.132 e. The number of fused-ring (bicyclic) bond motifs is 1. The minimum absolute atomic E-state index is 0.316. The van der Waals surface area contributed by atoms with Gasteiger partial charge in [-0.05, 0) is 38.3 Å². The molecule has 6 heteroatoms. The zero-order chi connectivity index (χ0) is 15.2. The number of nitrogens with zero attached hydrogens (tertiary/aromatic N) is 3. The van der Waals surface area contributed by atoms with E-state index >= 15 is 0 Å². The van der Waals surface area contributed by atoms with Gasteiger partial charge in [0.15, 0.2) is 0 Å². The Bertz CT molecular complexity index is 482. The molecule has 0 spiro atoms. The molecule has 0 unspecified atom stereocenters. The Hall–Kier alpha value is -1.24. The molecule has 0 radical (unpaired) electrons. The Labute approximate surface area is 132 Å². The van der Waals surface area contributed by atoms with Crippen LogP contribution in [0.25, 0.3) is 0 Å². The van der Waals surface area contributed by atoms with Gasteiger partial charge < -0.3 is 20.6 Å². The highest BCUT2D eigenvalue weighted by Gasteiger charge is 2.19. The van der Waals surface area contributed by atoms with Crippen LogP contribution in [0, 0.1) is 5.92 Å². The fourth-order valence-electron chi connectivity index (χ4n) is 3.46. The van der Waals surface area contributed by atoms with Gasteiger partial charge in [-0.25, -0.2) is 9.97 Å². The Morgan fingerprint density at radius 3 is 3.14 bits per heavy atom. The van der Waals surface area contributed by atoms with Crippen molar-refractivity contribution in [1.29, 1.82) is 0 Å². The van der Waals surface area contributed by atoms with Gasteiger partial charge in [0, 0.05) is 44.8 Å². The van der Waals surface area contributed by atoms with Crippen molar-refractivity contribution in [2.24, 2.45) is 5.92 Å². The molecule has 1 fully saturated rings.